The summed E-state index contributed by atoms with van der Waals surface area (Å²) in [7, 11) is 0. The summed E-state index contributed by atoms with van der Waals surface area (Å²) in [5.74, 6) is 0. The Morgan fingerprint density at radius 1 is 0.852 bits per heavy atom. The van der Waals surface area contributed by atoms with Crippen molar-refractivity contribution in [2.45, 2.75) is 50.6 Å². The Hall–Kier alpha value is -0.617. The predicted molar refractivity (Wildman–Crippen MR) is 104 cm³/mol. The zero-order valence-electron chi connectivity index (χ0n) is 16.5. The number of hydrogen-bond donors (Lipinski definition) is 0. The quantitative estimate of drug-likeness (QED) is 0.607. The first-order chi connectivity index (χ1) is 12.1. The van der Waals surface area contributed by atoms with Crippen LogP contribution in [0.1, 0.15) is 60.0 Å². The van der Waals surface area contributed by atoms with Crippen LogP contribution < -0.4 is 24.8 Å². The third kappa shape index (κ3) is 4.21. The van der Waals surface area contributed by atoms with Crippen molar-refractivity contribution in [1.29, 1.82) is 0 Å². The van der Waals surface area contributed by atoms with Gasteiger partial charge >= 0.3 is 164 Å². The molecular weight excluding hydrogens is 450 g/mol. The SMILES string of the molecule is CCc1ccc2c(c1)[CH]([Zr+2][C]1=C(C)C=C(C)C1)c1cc(CC)ccc1-2.[Cl-].[Cl-]. The minimum absolute atomic E-state index is 0. The molecule has 0 N–H and O–H groups in total. The Morgan fingerprint density at radius 2 is 1.37 bits per heavy atom. The third-order valence-corrected chi connectivity index (χ3v) is 10.2. The smallest absolute Gasteiger partial charge is 1.00 e. The molecule has 0 bridgehead atoms. The van der Waals surface area contributed by atoms with E-state index in [0.717, 1.165) is 12.8 Å². The Bertz CT molecular complexity index is 855. The summed E-state index contributed by atoms with van der Waals surface area (Å²) in [6, 6.07) is 14.5. The number of hydrogen-bond acceptors (Lipinski definition) is 0. The molecule has 0 saturated heterocycles. The maximum atomic E-state index is 2.51. The van der Waals surface area contributed by atoms with Crippen molar-refractivity contribution in [2.75, 3.05) is 0 Å². The van der Waals surface area contributed by atoms with Crippen LogP contribution in [-0.4, -0.2) is 0 Å². The topological polar surface area (TPSA) is 0 Å². The molecule has 0 unspecified atom stereocenters. The van der Waals surface area contributed by atoms with Gasteiger partial charge in [-0.3, -0.25) is 0 Å². The summed E-state index contributed by atoms with van der Waals surface area (Å²) in [6.07, 6.45) is 5.91. The standard InChI is InChI=1S/C17H17.C7H9.2ClH.Zr/c1-3-12-5-7-16-14(9-12)11-15-10-13(4-2)6-8-17(15)16;1-6-3-4-7(2)5-6;;;/h5-11H,3-4H2,1-2H3;5H,3H2,1-2H3;2*1H;/q;;;;+2/p-2. The molecule has 0 heterocycles. The van der Waals surface area contributed by atoms with Crippen LogP contribution in [-0.2, 0) is 36.1 Å². The van der Waals surface area contributed by atoms with Crippen molar-refractivity contribution in [2.24, 2.45) is 0 Å². The maximum absolute atomic E-state index is 2.51. The van der Waals surface area contributed by atoms with Crippen molar-refractivity contribution in [3.8, 4) is 11.1 Å². The van der Waals surface area contributed by atoms with Crippen molar-refractivity contribution in [3.05, 3.63) is 79.2 Å². The average Bonchev–Trinajstić information content (AvgIpc) is 3.11. The summed E-state index contributed by atoms with van der Waals surface area (Å²) in [4.78, 5) is 0. The predicted octanol–water partition coefficient (Wildman–Crippen LogP) is 0.596. The van der Waals surface area contributed by atoms with Crippen LogP contribution in [0.3, 0.4) is 0 Å². The molecule has 0 aliphatic heterocycles. The van der Waals surface area contributed by atoms with Gasteiger partial charge in [-0.05, 0) is 0 Å². The normalized spacial score (nSPS) is 14.7. The molecule has 0 atom stereocenters. The fourth-order valence-corrected chi connectivity index (χ4v) is 8.69. The van der Waals surface area contributed by atoms with Crippen molar-refractivity contribution in [3.63, 3.8) is 0 Å². The molecule has 2 aliphatic carbocycles. The number of rotatable bonds is 4. The van der Waals surface area contributed by atoms with Gasteiger partial charge in [0.25, 0.3) is 0 Å². The molecule has 0 spiro atoms. The van der Waals surface area contributed by atoms with Crippen LogP contribution in [0.5, 0.6) is 0 Å². The Labute approximate surface area is 187 Å². The molecule has 2 aromatic carbocycles. The third-order valence-electron chi connectivity index (χ3n) is 5.67. The van der Waals surface area contributed by atoms with E-state index < -0.39 is 23.2 Å². The van der Waals surface area contributed by atoms with Gasteiger partial charge in [0.15, 0.2) is 0 Å². The molecule has 0 saturated carbocycles. The summed E-state index contributed by atoms with van der Waals surface area (Å²) in [5, 5.41) is 0. The molecule has 0 fully saturated rings. The number of halogens is 2. The van der Waals surface area contributed by atoms with Crippen LogP contribution >= 0.6 is 0 Å². The zero-order valence-corrected chi connectivity index (χ0v) is 20.5. The van der Waals surface area contributed by atoms with Gasteiger partial charge in [-0.1, -0.05) is 0 Å². The summed E-state index contributed by atoms with van der Waals surface area (Å²) in [6.45, 7) is 9.15. The van der Waals surface area contributed by atoms with E-state index in [-0.39, 0.29) is 24.8 Å². The molecular formula is C24H26Cl2Zr. The van der Waals surface area contributed by atoms with E-state index in [0.29, 0.717) is 3.63 Å². The second kappa shape index (κ2) is 9.25. The number of fused-ring (bicyclic) bond motifs is 3. The van der Waals surface area contributed by atoms with Crippen LogP contribution in [0.4, 0.5) is 0 Å². The molecule has 3 heteroatoms. The first-order valence-corrected chi connectivity index (χ1v) is 12.1. The van der Waals surface area contributed by atoms with E-state index in [1.54, 1.807) is 25.6 Å². The number of allylic oxidation sites excluding steroid dienone is 4. The molecule has 140 valence electrons. The van der Waals surface area contributed by atoms with Gasteiger partial charge in [-0.15, -0.1) is 0 Å². The second-order valence-corrected chi connectivity index (χ2v) is 11.1. The number of benzene rings is 2. The first kappa shape index (κ1) is 22.7. The number of aryl methyl sites for hydroxylation is 2. The Morgan fingerprint density at radius 3 is 1.78 bits per heavy atom. The molecule has 0 aromatic heterocycles. The van der Waals surface area contributed by atoms with Crippen LogP contribution in [0, 0.1) is 0 Å². The van der Waals surface area contributed by atoms with E-state index in [4.69, 9.17) is 0 Å². The fourth-order valence-electron chi connectivity index (χ4n) is 4.22. The largest absolute Gasteiger partial charge is 1.00 e. The van der Waals surface area contributed by atoms with Crippen LogP contribution in [0.2, 0.25) is 0 Å². The summed E-state index contributed by atoms with van der Waals surface area (Å²) < 4.78 is 2.49. The van der Waals surface area contributed by atoms with Crippen LogP contribution in [0.25, 0.3) is 11.1 Å². The average molecular weight is 477 g/mol. The fraction of sp³-hybridized carbons (Fsp3) is 0.333. The van der Waals surface area contributed by atoms with Crippen molar-refractivity contribution < 1.29 is 48.0 Å². The van der Waals surface area contributed by atoms with E-state index in [9.17, 15) is 0 Å². The Balaban J connectivity index is 0.00000131. The van der Waals surface area contributed by atoms with Gasteiger partial charge in [0.1, 0.15) is 0 Å². The van der Waals surface area contributed by atoms with Gasteiger partial charge < -0.3 is 24.8 Å². The summed E-state index contributed by atoms with van der Waals surface area (Å²) in [5.41, 5.74) is 12.3. The Kier molecular flexibility index (Phi) is 7.77. The minimum atomic E-state index is -0.692. The van der Waals surface area contributed by atoms with Gasteiger partial charge in [0.05, 0.1) is 0 Å². The molecule has 27 heavy (non-hydrogen) atoms. The van der Waals surface area contributed by atoms with E-state index in [1.165, 1.54) is 28.7 Å². The van der Waals surface area contributed by atoms with Gasteiger partial charge in [-0.25, -0.2) is 0 Å². The molecule has 4 rings (SSSR count). The second-order valence-electron chi connectivity index (χ2n) is 7.46. The monoisotopic (exact) mass is 474 g/mol. The van der Waals surface area contributed by atoms with Gasteiger partial charge in [-0.2, -0.15) is 0 Å². The molecule has 2 aliphatic rings. The molecule has 0 amide bonds. The summed E-state index contributed by atoms with van der Waals surface area (Å²) >= 11 is -0.692. The molecule has 2 aromatic rings. The van der Waals surface area contributed by atoms with E-state index >= 15 is 0 Å². The van der Waals surface area contributed by atoms with Crippen LogP contribution in [0.15, 0.2) is 56.9 Å². The van der Waals surface area contributed by atoms with Crippen molar-refractivity contribution in [1.82, 2.24) is 0 Å². The molecule has 0 radical (unpaired) electrons. The maximum Gasteiger partial charge on any atom is -1.00 e. The zero-order chi connectivity index (χ0) is 17.6. The molecule has 0 nitrogen and oxygen atoms in total. The van der Waals surface area contributed by atoms with Gasteiger partial charge in [0.2, 0.25) is 0 Å². The van der Waals surface area contributed by atoms with Gasteiger partial charge in [0, 0.05) is 0 Å². The van der Waals surface area contributed by atoms with Crippen molar-refractivity contribution >= 4 is 0 Å². The minimum Gasteiger partial charge on any atom is -1.00 e. The first-order valence-electron chi connectivity index (χ1n) is 9.50. The van der Waals surface area contributed by atoms with E-state index in [2.05, 4.69) is 70.2 Å². The van der Waals surface area contributed by atoms with E-state index in [1.807, 2.05) is 0 Å².